The zero-order chi connectivity index (χ0) is 14.7. The molecule has 0 atom stereocenters. The van der Waals surface area contributed by atoms with E-state index in [0.717, 1.165) is 36.5 Å². The minimum atomic E-state index is -0.391. The Morgan fingerprint density at radius 1 is 1.29 bits per heavy atom. The van der Waals surface area contributed by atoms with Gasteiger partial charge in [0.25, 0.3) is 0 Å². The summed E-state index contributed by atoms with van der Waals surface area (Å²) < 4.78 is 13.9. The molecule has 1 aromatic heterocycles. The molecule has 110 valence electrons. The van der Waals surface area contributed by atoms with Gasteiger partial charge in [-0.3, -0.25) is 4.79 Å². The van der Waals surface area contributed by atoms with Gasteiger partial charge >= 0.3 is 0 Å². The molecule has 1 aromatic carbocycles. The number of carbonyl (C=O) groups excluding carboxylic acids is 1. The number of hydrogen-bond acceptors (Lipinski definition) is 3. The van der Waals surface area contributed by atoms with Crippen molar-refractivity contribution in [3.05, 3.63) is 46.4 Å². The van der Waals surface area contributed by atoms with Crippen LogP contribution in [0, 0.1) is 5.82 Å². The molecule has 21 heavy (non-hydrogen) atoms. The number of amides is 1. The lowest BCUT2D eigenvalue weighted by molar-refractivity contribution is -0.115. The highest BCUT2D eigenvalue weighted by molar-refractivity contribution is 7.10. The van der Waals surface area contributed by atoms with E-state index in [2.05, 4.69) is 10.2 Å². The number of halogens is 1. The SMILES string of the molecule is O=C(Cc1cccs1)Nc1cc(N2CCCC2)ccc1F. The zero-order valence-electron chi connectivity index (χ0n) is 11.6. The molecule has 1 aliphatic rings. The second kappa shape index (κ2) is 6.26. The van der Waals surface area contributed by atoms with Crippen molar-refractivity contribution in [3.8, 4) is 0 Å². The molecule has 0 unspecified atom stereocenters. The van der Waals surface area contributed by atoms with Crippen LogP contribution >= 0.6 is 11.3 Å². The van der Waals surface area contributed by atoms with E-state index in [-0.39, 0.29) is 18.0 Å². The Labute approximate surface area is 127 Å². The zero-order valence-corrected chi connectivity index (χ0v) is 12.5. The molecule has 1 saturated heterocycles. The summed E-state index contributed by atoms with van der Waals surface area (Å²) in [4.78, 5) is 15.2. The summed E-state index contributed by atoms with van der Waals surface area (Å²) in [7, 11) is 0. The average Bonchev–Trinajstić information content (AvgIpc) is 3.14. The minimum Gasteiger partial charge on any atom is -0.371 e. The molecule has 3 nitrogen and oxygen atoms in total. The normalized spacial score (nSPS) is 14.4. The topological polar surface area (TPSA) is 32.3 Å². The van der Waals surface area contributed by atoms with Crippen LogP contribution < -0.4 is 10.2 Å². The second-order valence-electron chi connectivity index (χ2n) is 5.16. The van der Waals surface area contributed by atoms with E-state index in [1.54, 1.807) is 12.1 Å². The summed E-state index contributed by atoms with van der Waals surface area (Å²) >= 11 is 1.53. The van der Waals surface area contributed by atoms with Crippen molar-refractivity contribution >= 4 is 28.6 Å². The van der Waals surface area contributed by atoms with Gasteiger partial charge in [0.2, 0.25) is 5.91 Å². The van der Waals surface area contributed by atoms with E-state index in [4.69, 9.17) is 0 Å². The highest BCUT2D eigenvalue weighted by Gasteiger charge is 2.15. The van der Waals surface area contributed by atoms with Crippen LogP contribution in [0.4, 0.5) is 15.8 Å². The molecule has 0 radical (unpaired) electrons. The van der Waals surface area contributed by atoms with Crippen molar-refractivity contribution in [2.45, 2.75) is 19.3 Å². The Bertz CT molecular complexity index is 621. The average molecular weight is 304 g/mol. The fourth-order valence-corrected chi connectivity index (χ4v) is 3.25. The Morgan fingerprint density at radius 2 is 2.10 bits per heavy atom. The van der Waals surface area contributed by atoms with Crippen molar-refractivity contribution in [1.29, 1.82) is 0 Å². The molecule has 2 heterocycles. The quantitative estimate of drug-likeness (QED) is 0.934. The fraction of sp³-hybridized carbons (Fsp3) is 0.312. The van der Waals surface area contributed by atoms with Crippen LogP contribution in [-0.4, -0.2) is 19.0 Å². The number of nitrogens with zero attached hydrogens (tertiary/aromatic N) is 1. The monoisotopic (exact) mass is 304 g/mol. The molecule has 0 bridgehead atoms. The number of benzene rings is 1. The van der Waals surface area contributed by atoms with E-state index in [0.29, 0.717) is 0 Å². The molecule has 0 spiro atoms. The second-order valence-corrected chi connectivity index (χ2v) is 6.19. The maximum atomic E-state index is 13.9. The van der Waals surface area contributed by atoms with Crippen LogP contribution in [0.25, 0.3) is 0 Å². The predicted molar refractivity (Wildman–Crippen MR) is 84.5 cm³/mol. The van der Waals surface area contributed by atoms with Crippen LogP contribution in [0.3, 0.4) is 0 Å². The molecule has 1 aliphatic heterocycles. The fourth-order valence-electron chi connectivity index (χ4n) is 2.55. The third-order valence-corrected chi connectivity index (χ3v) is 4.49. The molecule has 0 saturated carbocycles. The first-order valence-corrected chi connectivity index (χ1v) is 7.97. The number of carbonyl (C=O) groups is 1. The van der Waals surface area contributed by atoms with Gasteiger partial charge in [0.15, 0.2) is 0 Å². The lowest BCUT2D eigenvalue weighted by atomic mass is 10.2. The summed E-state index contributed by atoms with van der Waals surface area (Å²) in [5.74, 6) is -0.576. The van der Waals surface area contributed by atoms with Gasteiger partial charge in [-0.15, -0.1) is 11.3 Å². The van der Waals surface area contributed by atoms with Gasteiger partial charge in [0.05, 0.1) is 12.1 Å². The molecular formula is C16H17FN2OS. The van der Waals surface area contributed by atoms with E-state index in [1.807, 2.05) is 17.5 Å². The van der Waals surface area contributed by atoms with Crippen LogP contribution in [0.5, 0.6) is 0 Å². The lowest BCUT2D eigenvalue weighted by Crippen LogP contribution is -2.19. The van der Waals surface area contributed by atoms with Crippen molar-refractivity contribution in [2.24, 2.45) is 0 Å². The van der Waals surface area contributed by atoms with Crippen molar-refractivity contribution in [2.75, 3.05) is 23.3 Å². The molecule has 1 fully saturated rings. The summed E-state index contributed by atoms with van der Waals surface area (Å²) in [6.45, 7) is 1.99. The van der Waals surface area contributed by atoms with Gasteiger partial charge in [-0.2, -0.15) is 0 Å². The Morgan fingerprint density at radius 3 is 2.81 bits per heavy atom. The summed E-state index contributed by atoms with van der Waals surface area (Å²) in [5, 5.41) is 4.61. The molecule has 5 heteroatoms. The van der Waals surface area contributed by atoms with Crippen molar-refractivity contribution < 1.29 is 9.18 Å². The highest BCUT2D eigenvalue weighted by Crippen LogP contribution is 2.26. The molecular weight excluding hydrogens is 287 g/mol. The van der Waals surface area contributed by atoms with Gasteiger partial charge in [-0.1, -0.05) is 6.07 Å². The standard InChI is InChI=1S/C16H17FN2OS/c17-14-6-5-12(19-7-1-2-8-19)10-15(14)18-16(20)11-13-4-3-9-21-13/h3-6,9-10H,1-2,7-8,11H2,(H,18,20). The maximum Gasteiger partial charge on any atom is 0.229 e. The van der Waals surface area contributed by atoms with Gasteiger partial charge in [0.1, 0.15) is 5.82 Å². The molecule has 1 N–H and O–H groups in total. The Balaban J connectivity index is 1.71. The molecule has 0 aliphatic carbocycles. The first kappa shape index (κ1) is 14.1. The smallest absolute Gasteiger partial charge is 0.229 e. The van der Waals surface area contributed by atoms with Crippen molar-refractivity contribution in [1.82, 2.24) is 0 Å². The van der Waals surface area contributed by atoms with E-state index >= 15 is 0 Å². The van der Waals surface area contributed by atoms with E-state index in [9.17, 15) is 9.18 Å². The van der Waals surface area contributed by atoms with E-state index < -0.39 is 5.82 Å². The number of hydrogen-bond donors (Lipinski definition) is 1. The molecule has 1 amide bonds. The molecule has 2 aromatic rings. The summed E-state index contributed by atoms with van der Waals surface area (Å²) in [6.07, 6.45) is 2.61. The minimum absolute atomic E-state index is 0.185. The summed E-state index contributed by atoms with van der Waals surface area (Å²) in [6, 6.07) is 8.74. The maximum absolute atomic E-state index is 13.9. The summed E-state index contributed by atoms with van der Waals surface area (Å²) in [5.41, 5.74) is 1.24. The largest absolute Gasteiger partial charge is 0.371 e. The van der Waals surface area contributed by atoms with Crippen LogP contribution in [0.1, 0.15) is 17.7 Å². The first-order chi connectivity index (χ1) is 10.2. The number of anilines is 2. The highest BCUT2D eigenvalue weighted by atomic mass is 32.1. The number of nitrogens with one attached hydrogen (secondary N) is 1. The predicted octanol–water partition coefficient (Wildman–Crippen LogP) is 3.67. The van der Waals surface area contributed by atoms with Crippen LogP contribution in [0.2, 0.25) is 0 Å². The van der Waals surface area contributed by atoms with Gasteiger partial charge < -0.3 is 10.2 Å². The van der Waals surface area contributed by atoms with Gasteiger partial charge in [0, 0.05) is 23.7 Å². The van der Waals surface area contributed by atoms with E-state index in [1.165, 1.54) is 17.4 Å². The third kappa shape index (κ3) is 3.42. The van der Waals surface area contributed by atoms with Gasteiger partial charge in [-0.25, -0.2) is 4.39 Å². The first-order valence-electron chi connectivity index (χ1n) is 7.09. The number of rotatable bonds is 4. The molecule has 3 rings (SSSR count). The Hall–Kier alpha value is -1.88. The van der Waals surface area contributed by atoms with Crippen LogP contribution in [-0.2, 0) is 11.2 Å². The lowest BCUT2D eigenvalue weighted by Gasteiger charge is -2.18. The van der Waals surface area contributed by atoms with Crippen molar-refractivity contribution in [3.63, 3.8) is 0 Å². The number of thiophene rings is 1. The Kier molecular flexibility index (Phi) is 4.20. The van der Waals surface area contributed by atoms with Gasteiger partial charge in [-0.05, 0) is 42.5 Å². The van der Waals surface area contributed by atoms with Crippen LogP contribution in [0.15, 0.2) is 35.7 Å². The third-order valence-electron chi connectivity index (χ3n) is 3.61.